The van der Waals surface area contributed by atoms with Crippen molar-refractivity contribution < 1.29 is 19.1 Å². The van der Waals surface area contributed by atoms with Crippen molar-refractivity contribution in [2.24, 2.45) is 0 Å². The molecule has 112 valence electrons. The number of ether oxygens (including phenoxy) is 3. The van der Waals surface area contributed by atoms with Gasteiger partial charge in [-0.25, -0.2) is 0 Å². The molecule has 0 saturated carbocycles. The first kappa shape index (κ1) is 16.4. The lowest BCUT2D eigenvalue weighted by molar-refractivity contribution is -0.907. The average molecular weight is 280 g/mol. The zero-order chi connectivity index (χ0) is 15.1. The highest BCUT2D eigenvalue weighted by atomic mass is 16.5. The molecule has 0 fully saturated rings. The number of methoxy groups -OCH3 is 3. The monoisotopic (exact) mass is 280 g/mol. The zero-order valence-electron chi connectivity index (χ0n) is 13.2. The number of hydrogen-bond donors (Lipinski definition) is 1. The first-order valence-corrected chi connectivity index (χ1v) is 6.82. The smallest absolute Gasteiger partial charge is 0.203 e. The van der Waals surface area contributed by atoms with Gasteiger partial charge in [-0.2, -0.15) is 0 Å². The van der Waals surface area contributed by atoms with Gasteiger partial charge in [0, 0.05) is 5.56 Å². The lowest BCUT2D eigenvalue weighted by Crippen LogP contribution is -3.10. The molecule has 0 saturated heterocycles. The van der Waals surface area contributed by atoms with Crippen molar-refractivity contribution in [3.8, 4) is 17.2 Å². The maximum atomic E-state index is 5.38. The SMILES string of the molecule is C=C(C)C[NH+](CC)Cc1cc(OC)c(OC)c(OC)c1. The van der Waals surface area contributed by atoms with Crippen LogP contribution in [0.3, 0.4) is 0 Å². The number of nitrogens with one attached hydrogen (secondary N) is 1. The Labute approximate surface area is 121 Å². The highest BCUT2D eigenvalue weighted by Gasteiger charge is 2.16. The molecule has 0 aromatic heterocycles. The van der Waals surface area contributed by atoms with Crippen LogP contribution in [0.4, 0.5) is 0 Å². The van der Waals surface area contributed by atoms with Crippen LogP contribution in [0, 0.1) is 0 Å². The van der Waals surface area contributed by atoms with Crippen molar-refractivity contribution in [1.29, 1.82) is 0 Å². The molecule has 1 atom stereocenters. The van der Waals surface area contributed by atoms with Gasteiger partial charge in [0.25, 0.3) is 0 Å². The van der Waals surface area contributed by atoms with Gasteiger partial charge < -0.3 is 19.1 Å². The van der Waals surface area contributed by atoms with E-state index < -0.39 is 0 Å². The molecule has 0 heterocycles. The molecule has 0 aliphatic heterocycles. The van der Waals surface area contributed by atoms with Crippen LogP contribution >= 0.6 is 0 Å². The molecule has 1 aromatic rings. The van der Waals surface area contributed by atoms with Crippen LogP contribution in [0.2, 0.25) is 0 Å². The molecular formula is C16H26NO3+. The van der Waals surface area contributed by atoms with Crippen LogP contribution in [-0.2, 0) is 6.54 Å². The molecule has 0 aliphatic carbocycles. The third kappa shape index (κ3) is 4.17. The minimum atomic E-state index is 0.636. The number of likely N-dealkylation sites (N-methyl/N-ethyl adjacent to an activating group) is 1. The molecule has 1 unspecified atom stereocenters. The molecule has 1 rings (SSSR count). The van der Waals surface area contributed by atoms with Crippen molar-refractivity contribution in [3.63, 3.8) is 0 Å². The summed E-state index contributed by atoms with van der Waals surface area (Å²) in [6.07, 6.45) is 0. The second-order valence-corrected chi connectivity index (χ2v) is 4.95. The van der Waals surface area contributed by atoms with Gasteiger partial charge in [0.1, 0.15) is 6.54 Å². The van der Waals surface area contributed by atoms with Gasteiger partial charge in [-0.05, 0) is 31.6 Å². The molecule has 1 N–H and O–H groups in total. The standard InChI is InChI=1S/C16H25NO3/c1-7-17(10-12(2)3)11-13-8-14(18-4)16(20-6)15(9-13)19-5/h8-9H,2,7,10-11H2,1,3-6H3/p+1. The van der Waals surface area contributed by atoms with Crippen molar-refractivity contribution in [3.05, 3.63) is 29.8 Å². The molecular weight excluding hydrogens is 254 g/mol. The van der Waals surface area contributed by atoms with Crippen LogP contribution in [0.1, 0.15) is 19.4 Å². The van der Waals surface area contributed by atoms with Crippen LogP contribution < -0.4 is 19.1 Å². The Balaban J connectivity index is 3.03. The molecule has 0 bridgehead atoms. The van der Waals surface area contributed by atoms with Gasteiger partial charge in [-0.3, -0.25) is 0 Å². The summed E-state index contributed by atoms with van der Waals surface area (Å²) in [4.78, 5) is 1.45. The lowest BCUT2D eigenvalue weighted by atomic mass is 10.1. The maximum absolute atomic E-state index is 5.38. The summed E-state index contributed by atoms with van der Waals surface area (Å²) in [6.45, 7) is 11.1. The number of rotatable bonds is 8. The Morgan fingerprint density at radius 3 is 2.00 bits per heavy atom. The summed E-state index contributed by atoms with van der Waals surface area (Å²) in [6, 6.07) is 4.02. The van der Waals surface area contributed by atoms with E-state index in [1.807, 2.05) is 12.1 Å². The second kappa shape index (κ2) is 7.80. The molecule has 4 heteroatoms. The van der Waals surface area contributed by atoms with Crippen molar-refractivity contribution in [2.45, 2.75) is 20.4 Å². The summed E-state index contributed by atoms with van der Waals surface area (Å²) < 4.78 is 16.1. The highest BCUT2D eigenvalue weighted by Crippen LogP contribution is 2.37. The summed E-state index contributed by atoms with van der Waals surface area (Å²) >= 11 is 0. The minimum Gasteiger partial charge on any atom is -0.493 e. The predicted octanol–water partition coefficient (Wildman–Crippen LogP) is 1.69. The van der Waals surface area contributed by atoms with Crippen LogP contribution in [-0.4, -0.2) is 34.4 Å². The molecule has 0 radical (unpaired) electrons. The predicted molar refractivity (Wildman–Crippen MR) is 81.0 cm³/mol. The van der Waals surface area contributed by atoms with Crippen LogP contribution in [0.15, 0.2) is 24.3 Å². The number of benzene rings is 1. The largest absolute Gasteiger partial charge is 0.493 e. The quantitative estimate of drug-likeness (QED) is 0.736. The molecule has 0 aliphatic rings. The van der Waals surface area contributed by atoms with Gasteiger partial charge >= 0.3 is 0 Å². The third-order valence-corrected chi connectivity index (χ3v) is 3.23. The van der Waals surface area contributed by atoms with E-state index >= 15 is 0 Å². The molecule has 4 nitrogen and oxygen atoms in total. The Morgan fingerprint density at radius 1 is 1.10 bits per heavy atom. The van der Waals surface area contributed by atoms with Crippen molar-refractivity contribution in [1.82, 2.24) is 0 Å². The zero-order valence-corrected chi connectivity index (χ0v) is 13.2. The Morgan fingerprint density at radius 2 is 1.65 bits per heavy atom. The van der Waals surface area contributed by atoms with Crippen LogP contribution in [0.5, 0.6) is 17.2 Å². The molecule has 1 aromatic carbocycles. The first-order valence-electron chi connectivity index (χ1n) is 6.82. The van der Waals surface area contributed by atoms with E-state index in [0.717, 1.165) is 25.2 Å². The molecule has 0 spiro atoms. The van der Waals surface area contributed by atoms with E-state index in [-0.39, 0.29) is 0 Å². The summed E-state index contributed by atoms with van der Waals surface area (Å²) in [5, 5.41) is 0. The molecule has 0 amide bonds. The fourth-order valence-corrected chi connectivity index (χ4v) is 2.27. The van der Waals surface area contributed by atoms with Gasteiger partial charge in [0.2, 0.25) is 5.75 Å². The Bertz CT molecular complexity index is 432. The fourth-order valence-electron chi connectivity index (χ4n) is 2.27. The average Bonchev–Trinajstić information content (AvgIpc) is 2.44. The van der Waals surface area contributed by atoms with E-state index in [4.69, 9.17) is 14.2 Å². The number of quaternary nitrogens is 1. The summed E-state index contributed by atoms with van der Waals surface area (Å²) in [5.74, 6) is 2.04. The lowest BCUT2D eigenvalue weighted by Gasteiger charge is -2.19. The maximum Gasteiger partial charge on any atom is 0.203 e. The highest BCUT2D eigenvalue weighted by molar-refractivity contribution is 5.53. The molecule has 20 heavy (non-hydrogen) atoms. The second-order valence-electron chi connectivity index (χ2n) is 4.95. The van der Waals surface area contributed by atoms with E-state index in [0.29, 0.717) is 17.2 Å². The Kier molecular flexibility index (Phi) is 6.39. The third-order valence-electron chi connectivity index (χ3n) is 3.23. The van der Waals surface area contributed by atoms with Gasteiger partial charge in [0.05, 0.1) is 34.4 Å². The minimum absolute atomic E-state index is 0.636. The number of hydrogen-bond acceptors (Lipinski definition) is 3. The van der Waals surface area contributed by atoms with E-state index in [1.165, 1.54) is 10.5 Å². The van der Waals surface area contributed by atoms with Gasteiger partial charge in [-0.1, -0.05) is 6.58 Å². The topological polar surface area (TPSA) is 32.1 Å². The summed E-state index contributed by atoms with van der Waals surface area (Å²) in [5.41, 5.74) is 2.35. The van der Waals surface area contributed by atoms with Gasteiger partial charge in [-0.15, -0.1) is 0 Å². The van der Waals surface area contributed by atoms with Crippen LogP contribution in [0.25, 0.3) is 0 Å². The van der Waals surface area contributed by atoms with Crippen molar-refractivity contribution >= 4 is 0 Å². The van der Waals surface area contributed by atoms with E-state index in [2.05, 4.69) is 20.4 Å². The van der Waals surface area contributed by atoms with Crippen molar-refractivity contribution in [2.75, 3.05) is 34.4 Å². The first-order chi connectivity index (χ1) is 9.55. The Hall–Kier alpha value is -1.68. The normalized spacial score (nSPS) is 11.8. The fraction of sp³-hybridized carbons (Fsp3) is 0.500. The van der Waals surface area contributed by atoms with E-state index in [1.54, 1.807) is 21.3 Å². The summed E-state index contributed by atoms with van der Waals surface area (Å²) in [7, 11) is 4.89. The van der Waals surface area contributed by atoms with E-state index in [9.17, 15) is 0 Å². The van der Waals surface area contributed by atoms with Gasteiger partial charge in [0.15, 0.2) is 11.5 Å².